The maximum atomic E-state index is 13.2. The molecule has 0 radical (unpaired) electrons. The molecule has 3 aliphatic rings. The highest BCUT2D eigenvalue weighted by molar-refractivity contribution is 6.30. The summed E-state index contributed by atoms with van der Waals surface area (Å²) in [6.07, 6.45) is 9.91. The fourth-order valence-electron chi connectivity index (χ4n) is 6.11. The van der Waals surface area contributed by atoms with Gasteiger partial charge in [0.05, 0.1) is 6.04 Å². The van der Waals surface area contributed by atoms with Gasteiger partial charge in [0.25, 0.3) is 5.91 Å². The largest absolute Gasteiger partial charge is 0.388 e. The molecule has 7 nitrogen and oxygen atoms in total. The lowest BCUT2D eigenvalue weighted by molar-refractivity contribution is -0.119. The highest BCUT2D eigenvalue weighted by atomic mass is 35.5. The van der Waals surface area contributed by atoms with Gasteiger partial charge in [-0.1, -0.05) is 36.2 Å². The number of likely N-dealkylation sites (tertiary alicyclic amines) is 2. The first-order valence-corrected chi connectivity index (χ1v) is 15.4. The van der Waals surface area contributed by atoms with Crippen molar-refractivity contribution < 1.29 is 14.3 Å². The van der Waals surface area contributed by atoms with Gasteiger partial charge in [0.15, 0.2) is 0 Å². The van der Waals surface area contributed by atoms with Crippen LogP contribution < -0.4 is 5.32 Å². The summed E-state index contributed by atoms with van der Waals surface area (Å²) in [6.45, 7) is 7.47. The van der Waals surface area contributed by atoms with Crippen LogP contribution in [0.25, 0.3) is 5.57 Å². The lowest BCUT2D eigenvalue weighted by Crippen LogP contribution is -2.48. The second kappa shape index (κ2) is 15.4. The number of rotatable bonds is 7. The molecule has 0 bridgehead atoms. The Morgan fingerprint density at radius 3 is 2.32 bits per heavy atom. The molecule has 2 saturated heterocycles. The van der Waals surface area contributed by atoms with Crippen LogP contribution in [0.15, 0.2) is 48.5 Å². The summed E-state index contributed by atoms with van der Waals surface area (Å²) in [7, 11) is 3.58. The zero-order chi connectivity index (χ0) is 29.2. The van der Waals surface area contributed by atoms with Gasteiger partial charge in [-0.25, -0.2) is 0 Å². The van der Waals surface area contributed by atoms with Crippen molar-refractivity contribution in [3.8, 4) is 0 Å². The lowest BCUT2D eigenvalue weighted by atomic mass is 9.91. The second-order valence-corrected chi connectivity index (χ2v) is 11.4. The standard InChI is InChI=1S/C30H37ClN4O2.C3H8O/c1-32-28-10-9-25(31)20-27(28)24-11-16-35(21-36)29(19-24)22-5-7-23(8-6-22)30(37)34-17-12-26(13-18-34)33-14-3-2-4-15-33;1-3-4-2/h5-10,19-21,26,29,32H,2-4,11-18H2,1H3;3H2,1-2H3. The maximum Gasteiger partial charge on any atom is 0.253 e. The molecule has 2 fully saturated rings. The Balaban J connectivity index is 0.000000909. The van der Waals surface area contributed by atoms with E-state index >= 15 is 0 Å². The Kier molecular flexibility index (Phi) is 11.7. The van der Waals surface area contributed by atoms with E-state index in [0.717, 1.165) is 67.8 Å². The zero-order valence-electron chi connectivity index (χ0n) is 24.8. The molecule has 0 aliphatic carbocycles. The smallest absolute Gasteiger partial charge is 0.253 e. The number of ether oxygens (including phenoxy) is 1. The second-order valence-electron chi connectivity index (χ2n) is 11.0. The van der Waals surface area contributed by atoms with Crippen molar-refractivity contribution in [2.75, 3.05) is 58.8 Å². The molecule has 2 amide bonds. The van der Waals surface area contributed by atoms with Crippen molar-refractivity contribution in [3.63, 3.8) is 0 Å². The number of amides is 2. The number of nitrogens with one attached hydrogen (secondary N) is 1. The number of carbonyl (C=O) groups is 2. The summed E-state index contributed by atoms with van der Waals surface area (Å²) in [6, 6.07) is 14.1. The first kappa shape index (κ1) is 31.1. The quantitative estimate of drug-likeness (QED) is 0.400. The summed E-state index contributed by atoms with van der Waals surface area (Å²) in [5.74, 6) is 0.105. The van der Waals surface area contributed by atoms with Crippen LogP contribution in [0.1, 0.15) is 73.0 Å². The molecule has 222 valence electrons. The van der Waals surface area contributed by atoms with Gasteiger partial charge in [-0.2, -0.15) is 0 Å². The molecular formula is C33H45ClN4O3. The van der Waals surface area contributed by atoms with Gasteiger partial charge >= 0.3 is 0 Å². The third kappa shape index (κ3) is 7.91. The minimum absolute atomic E-state index is 0.105. The number of benzene rings is 2. The predicted molar refractivity (Wildman–Crippen MR) is 167 cm³/mol. The average Bonchev–Trinajstić information content (AvgIpc) is 3.04. The summed E-state index contributed by atoms with van der Waals surface area (Å²) in [5.41, 5.74) is 4.94. The van der Waals surface area contributed by atoms with Gasteiger partial charge in [-0.3, -0.25) is 9.59 Å². The van der Waals surface area contributed by atoms with E-state index in [-0.39, 0.29) is 11.9 Å². The number of carbonyl (C=O) groups excluding carboxylic acids is 2. The predicted octanol–water partition coefficient (Wildman–Crippen LogP) is 6.11. The molecule has 41 heavy (non-hydrogen) atoms. The minimum Gasteiger partial charge on any atom is -0.388 e. The number of piperidine rings is 2. The van der Waals surface area contributed by atoms with Gasteiger partial charge in [-0.15, -0.1) is 0 Å². The van der Waals surface area contributed by atoms with E-state index in [9.17, 15) is 9.59 Å². The Morgan fingerprint density at radius 2 is 1.71 bits per heavy atom. The molecule has 1 atom stereocenters. The van der Waals surface area contributed by atoms with E-state index in [1.165, 1.54) is 32.4 Å². The minimum atomic E-state index is -0.186. The molecule has 2 aromatic carbocycles. The van der Waals surface area contributed by atoms with Crippen molar-refractivity contribution >= 4 is 35.2 Å². The lowest BCUT2D eigenvalue weighted by Gasteiger charge is -2.40. The number of halogens is 1. The molecule has 3 heterocycles. The van der Waals surface area contributed by atoms with Crippen LogP contribution in [0.5, 0.6) is 0 Å². The van der Waals surface area contributed by atoms with E-state index in [2.05, 4.69) is 21.0 Å². The monoisotopic (exact) mass is 580 g/mol. The summed E-state index contributed by atoms with van der Waals surface area (Å²) < 4.78 is 4.54. The van der Waals surface area contributed by atoms with Crippen LogP contribution in [0.4, 0.5) is 5.69 Å². The van der Waals surface area contributed by atoms with Crippen LogP contribution in [0.3, 0.4) is 0 Å². The molecular weight excluding hydrogens is 536 g/mol. The van der Waals surface area contributed by atoms with Gasteiger partial charge in [-0.05, 0) is 93.6 Å². The van der Waals surface area contributed by atoms with Crippen molar-refractivity contribution in [1.29, 1.82) is 0 Å². The Hall–Kier alpha value is -2.87. The van der Waals surface area contributed by atoms with E-state index < -0.39 is 0 Å². The van der Waals surface area contributed by atoms with Crippen molar-refractivity contribution in [2.45, 2.75) is 57.5 Å². The third-order valence-electron chi connectivity index (χ3n) is 8.53. The third-order valence-corrected chi connectivity index (χ3v) is 8.77. The molecule has 2 aromatic rings. The fourth-order valence-corrected chi connectivity index (χ4v) is 6.28. The SMILES string of the molecule is CCOC.CNc1ccc(Cl)cc1C1=CC(c2ccc(C(=O)N3CCC(N4CCCCC4)CC3)cc2)N(C=O)CC1. The molecule has 0 spiro atoms. The Bertz CT molecular complexity index is 1170. The van der Waals surface area contributed by atoms with Gasteiger partial charge in [0.2, 0.25) is 6.41 Å². The van der Waals surface area contributed by atoms with E-state index in [0.29, 0.717) is 23.2 Å². The molecule has 1 N–H and O–H groups in total. The van der Waals surface area contributed by atoms with Gasteiger partial charge < -0.3 is 24.8 Å². The number of nitrogens with zero attached hydrogens (tertiary/aromatic N) is 3. The van der Waals surface area contributed by atoms with Crippen LogP contribution in [0.2, 0.25) is 5.02 Å². The normalized spacial score (nSPS) is 20.1. The maximum absolute atomic E-state index is 13.2. The summed E-state index contributed by atoms with van der Waals surface area (Å²) in [4.78, 5) is 31.6. The first-order chi connectivity index (χ1) is 20.0. The molecule has 3 aliphatic heterocycles. The molecule has 0 aromatic heterocycles. The average molecular weight is 581 g/mol. The first-order valence-electron chi connectivity index (χ1n) is 15.0. The number of hydrogen-bond acceptors (Lipinski definition) is 5. The summed E-state index contributed by atoms with van der Waals surface area (Å²) >= 11 is 6.30. The van der Waals surface area contributed by atoms with E-state index in [4.69, 9.17) is 11.6 Å². The highest BCUT2D eigenvalue weighted by Gasteiger charge is 2.29. The van der Waals surface area contributed by atoms with Crippen LogP contribution >= 0.6 is 11.6 Å². The number of anilines is 1. The molecule has 0 saturated carbocycles. The zero-order valence-corrected chi connectivity index (χ0v) is 25.5. The molecule has 5 rings (SSSR count). The van der Waals surface area contributed by atoms with Crippen molar-refractivity contribution in [2.24, 2.45) is 0 Å². The van der Waals surface area contributed by atoms with Crippen LogP contribution in [-0.4, -0.2) is 86.5 Å². The number of hydrogen-bond donors (Lipinski definition) is 1. The Morgan fingerprint density at radius 1 is 1.02 bits per heavy atom. The van der Waals surface area contributed by atoms with E-state index in [1.807, 2.05) is 66.2 Å². The number of methoxy groups -OCH3 is 1. The van der Waals surface area contributed by atoms with Crippen LogP contribution in [-0.2, 0) is 9.53 Å². The van der Waals surface area contributed by atoms with Crippen molar-refractivity contribution in [3.05, 3.63) is 70.3 Å². The summed E-state index contributed by atoms with van der Waals surface area (Å²) in [5, 5.41) is 3.93. The topological polar surface area (TPSA) is 65.1 Å². The Labute approximate surface area is 250 Å². The van der Waals surface area contributed by atoms with Gasteiger partial charge in [0, 0.05) is 68.3 Å². The highest BCUT2D eigenvalue weighted by Crippen LogP contribution is 2.36. The molecule has 8 heteroatoms. The molecule has 1 unspecified atom stereocenters. The van der Waals surface area contributed by atoms with Crippen molar-refractivity contribution in [1.82, 2.24) is 14.7 Å². The van der Waals surface area contributed by atoms with E-state index in [1.54, 1.807) is 7.11 Å². The van der Waals surface area contributed by atoms with Crippen LogP contribution in [0, 0.1) is 0 Å². The van der Waals surface area contributed by atoms with Gasteiger partial charge in [0.1, 0.15) is 0 Å². The fraction of sp³-hybridized carbons (Fsp3) is 0.515.